The molecule has 0 heterocycles. The Hall–Kier alpha value is -0.0800. The van der Waals surface area contributed by atoms with Crippen molar-refractivity contribution in [2.45, 2.75) is 78.4 Å². The van der Waals surface area contributed by atoms with Gasteiger partial charge in [-0.15, -0.1) is 0 Å². The molecular formula is C14H31NO. The zero-order valence-electron chi connectivity index (χ0n) is 11.8. The van der Waals surface area contributed by atoms with Gasteiger partial charge in [-0.2, -0.15) is 0 Å². The summed E-state index contributed by atoms with van der Waals surface area (Å²) < 4.78 is 0. The second-order valence-electron chi connectivity index (χ2n) is 5.41. The number of hydrogen-bond acceptors (Lipinski definition) is 2. The van der Waals surface area contributed by atoms with Gasteiger partial charge in [0.1, 0.15) is 0 Å². The van der Waals surface area contributed by atoms with Crippen LogP contribution in [0.15, 0.2) is 0 Å². The van der Waals surface area contributed by atoms with Crippen LogP contribution >= 0.6 is 0 Å². The van der Waals surface area contributed by atoms with Gasteiger partial charge in [-0.05, 0) is 32.1 Å². The molecule has 0 spiro atoms. The SMILES string of the molecule is CCCC(C)C(CC)NCC(C)(O)CCC. The lowest BCUT2D eigenvalue weighted by atomic mass is 9.93. The molecule has 0 bridgehead atoms. The molecule has 0 aromatic carbocycles. The predicted molar refractivity (Wildman–Crippen MR) is 71.7 cm³/mol. The molecule has 0 radical (unpaired) electrons. The minimum absolute atomic E-state index is 0.545. The molecule has 0 aromatic heterocycles. The zero-order chi connectivity index (χ0) is 12.6. The highest BCUT2D eigenvalue weighted by Crippen LogP contribution is 2.16. The summed E-state index contributed by atoms with van der Waals surface area (Å²) in [4.78, 5) is 0. The van der Waals surface area contributed by atoms with E-state index < -0.39 is 5.60 Å². The maximum absolute atomic E-state index is 10.1. The lowest BCUT2D eigenvalue weighted by Gasteiger charge is -2.29. The molecule has 0 saturated carbocycles. The maximum Gasteiger partial charge on any atom is 0.0743 e. The quantitative estimate of drug-likeness (QED) is 0.635. The van der Waals surface area contributed by atoms with E-state index in [9.17, 15) is 5.11 Å². The highest BCUT2D eigenvalue weighted by atomic mass is 16.3. The van der Waals surface area contributed by atoms with Crippen molar-refractivity contribution < 1.29 is 5.11 Å². The topological polar surface area (TPSA) is 32.3 Å². The van der Waals surface area contributed by atoms with E-state index in [0.29, 0.717) is 18.5 Å². The number of aliphatic hydroxyl groups is 1. The van der Waals surface area contributed by atoms with Crippen molar-refractivity contribution in [2.24, 2.45) is 5.92 Å². The van der Waals surface area contributed by atoms with Crippen molar-refractivity contribution in [3.63, 3.8) is 0 Å². The van der Waals surface area contributed by atoms with Crippen molar-refractivity contribution in [1.29, 1.82) is 0 Å². The zero-order valence-corrected chi connectivity index (χ0v) is 11.8. The van der Waals surface area contributed by atoms with Crippen LogP contribution in [0, 0.1) is 5.92 Å². The van der Waals surface area contributed by atoms with Gasteiger partial charge in [0.2, 0.25) is 0 Å². The monoisotopic (exact) mass is 229 g/mol. The molecule has 0 aliphatic carbocycles. The summed E-state index contributed by atoms with van der Waals surface area (Å²) >= 11 is 0. The van der Waals surface area contributed by atoms with Gasteiger partial charge in [0.15, 0.2) is 0 Å². The average Bonchev–Trinajstić information content (AvgIpc) is 2.18. The number of nitrogens with one attached hydrogen (secondary N) is 1. The van der Waals surface area contributed by atoms with Gasteiger partial charge >= 0.3 is 0 Å². The van der Waals surface area contributed by atoms with E-state index >= 15 is 0 Å². The number of hydrogen-bond donors (Lipinski definition) is 2. The normalized spacial score (nSPS) is 19.1. The first-order valence-corrected chi connectivity index (χ1v) is 6.92. The molecule has 0 saturated heterocycles. The molecular weight excluding hydrogens is 198 g/mol. The van der Waals surface area contributed by atoms with Gasteiger partial charge < -0.3 is 10.4 Å². The molecule has 2 nitrogen and oxygen atoms in total. The molecule has 0 rings (SSSR count). The molecule has 0 aromatic rings. The van der Waals surface area contributed by atoms with Crippen molar-refractivity contribution in [3.8, 4) is 0 Å². The second kappa shape index (κ2) is 8.08. The van der Waals surface area contributed by atoms with Crippen molar-refractivity contribution in [2.75, 3.05) is 6.54 Å². The Labute approximate surface area is 102 Å². The van der Waals surface area contributed by atoms with Gasteiger partial charge in [-0.1, -0.05) is 40.5 Å². The third-order valence-corrected chi connectivity index (χ3v) is 3.40. The Morgan fingerprint density at radius 2 is 1.81 bits per heavy atom. The lowest BCUT2D eigenvalue weighted by Crippen LogP contribution is -2.44. The Bertz CT molecular complexity index is 168. The van der Waals surface area contributed by atoms with E-state index in [0.717, 1.165) is 19.3 Å². The van der Waals surface area contributed by atoms with Gasteiger partial charge in [0, 0.05) is 12.6 Å². The molecule has 3 unspecified atom stereocenters. The summed E-state index contributed by atoms with van der Waals surface area (Å²) in [7, 11) is 0. The summed E-state index contributed by atoms with van der Waals surface area (Å²) in [5.41, 5.74) is -0.548. The van der Waals surface area contributed by atoms with Crippen LogP contribution in [0.2, 0.25) is 0 Å². The average molecular weight is 229 g/mol. The Morgan fingerprint density at radius 3 is 2.25 bits per heavy atom. The Balaban J connectivity index is 4.03. The lowest BCUT2D eigenvalue weighted by molar-refractivity contribution is 0.0447. The summed E-state index contributed by atoms with van der Waals surface area (Å²) in [5, 5.41) is 13.6. The smallest absolute Gasteiger partial charge is 0.0743 e. The largest absolute Gasteiger partial charge is 0.389 e. The molecule has 0 aliphatic rings. The van der Waals surface area contributed by atoms with E-state index in [-0.39, 0.29) is 0 Å². The molecule has 3 atom stereocenters. The standard InChI is InChI=1S/C14H31NO/c1-6-9-12(4)13(8-3)15-11-14(5,16)10-7-2/h12-13,15-16H,6-11H2,1-5H3. The Kier molecular flexibility index (Phi) is 8.04. The summed E-state index contributed by atoms with van der Waals surface area (Å²) in [6.07, 6.45) is 5.56. The van der Waals surface area contributed by atoms with Crippen LogP contribution in [0.3, 0.4) is 0 Å². The highest BCUT2D eigenvalue weighted by Gasteiger charge is 2.22. The molecule has 16 heavy (non-hydrogen) atoms. The summed E-state index contributed by atoms with van der Waals surface area (Å²) in [5.74, 6) is 0.701. The fraction of sp³-hybridized carbons (Fsp3) is 1.00. The van der Waals surface area contributed by atoms with Gasteiger partial charge in [0.25, 0.3) is 0 Å². The van der Waals surface area contributed by atoms with E-state index in [1.54, 1.807) is 0 Å². The van der Waals surface area contributed by atoms with Crippen molar-refractivity contribution in [3.05, 3.63) is 0 Å². The van der Waals surface area contributed by atoms with Crippen molar-refractivity contribution >= 4 is 0 Å². The molecule has 0 amide bonds. The first-order valence-electron chi connectivity index (χ1n) is 6.92. The van der Waals surface area contributed by atoms with Crippen LogP contribution in [-0.4, -0.2) is 23.3 Å². The minimum atomic E-state index is -0.548. The highest BCUT2D eigenvalue weighted by molar-refractivity contribution is 4.79. The van der Waals surface area contributed by atoms with E-state index in [2.05, 4.69) is 33.0 Å². The van der Waals surface area contributed by atoms with Crippen LogP contribution in [0.5, 0.6) is 0 Å². The van der Waals surface area contributed by atoms with E-state index in [4.69, 9.17) is 0 Å². The predicted octanol–water partition coefficient (Wildman–Crippen LogP) is 3.34. The van der Waals surface area contributed by atoms with Crippen LogP contribution in [0.25, 0.3) is 0 Å². The van der Waals surface area contributed by atoms with Crippen LogP contribution in [0.1, 0.15) is 66.7 Å². The Morgan fingerprint density at radius 1 is 1.19 bits per heavy atom. The molecule has 98 valence electrons. The van der Waals surface area contributed by atoms with Gasteiger partial charge in [-0.3, -0.25) is 0 Å². The van der Waals surface area contributed by atoms with Crippen LogP contribution in [0.4, 0.5) is 0 Å². The van der Waals surface area contributed by atoms with Crippen molar-refractivity contribution in [1.82, 2.24) is 5.32 Å². The molecule has 2 heteroatoms. The first-order chi connectivity index (χ1) is 7.46. The fourth-order valence-electron chi connectivity index (χ4n) is 2.38. The summed E-state index contributed by atoms with van der Waals surface area (Å²) in [6, 6.07) is 0.545. The molecule has 2 N–H and O–H groups in total. The first kappa shape index (κ1) is 15.9. The van der Waals surface area contributed by atoms with E-state index in [1.165, 1.54) is 12.8 Å². The minimum Gasteiger partial charge on any atom is -0.389 e. The third kappa shape index (κ3) is 6.49. The molecule has 0 fully saturated rings. The maximum atomic E-state index is 10.1. The second-order valence-corrected chi connectivity index (χ2v) is 5.41. The number of rotatable bonds is 9. The van der Waals surface area contributed by atoms with E-state index in [1.807, 2.05) is 6.92 Å². The fourth-order valence-corrected chi connectivity index (χ4v) is 2.38. The van der Waals surface area contributed by atoms with Gasteiger partial charge in [0.05, 0.1) is 5.60 Å². The van der Waals surface area contributed by atoms with Crippen LogP contribution < -0.4 is 5.32 Å². The van der Waals surface area contributed by atoms with Gasteiger partial charge in [-0.25, -0.2) is 0 Å². The van der Waals surface area contributed by atoms with Crippen LogP contribution in [-0.2, 0) is 0 Å². The third-order valence-electron chi connectivity index (χ3n) is 3.40. The molecule has 0 aliphatic heterocycles. The summed E-state index contributed by atoms with van der Waals surface area (Å²) in [6.45, 7) is 11.5.